The Kier molecular flexibility index (Phi) is 4.46. The van der Waals surface area contributed by atoms with E-state index in [-0.39, 0.29) is 18.2 Å². The molecule has 0 aliphatic carbocycles. The highest BCUT2D eigenvalue weighted by atomic mass is 32.1. The third-order valence-corrected chi connectivity index (χ3v) is 3.50. The zero-order valence-electron chi connectivity index (χ0n) is 11.1. The highest BCUT2D eigenvalue weighted by Gasteiger charge is 2.18. The zero-order valence-corrected chi connectivity index (χ0v) is 11.9. The molecule has 106 valence electrons. The molecule has 1 amide bonds. The Labute approximate surface area is 119 Å². The molecule has 0 fully saturated rings. The highest BCUT2D eigenvalue weighted by molar-refractivity contribution is 7.09. The Morgan fingerprint density at radius 2 is 2.25 bits per heavy atom. The van der Waals surface area contributed by atoms with Gasteiger partial charge in [0.2, 0.25) is 0 Å². The molecule has 0 saturated heterocycles. The van der Waals surface area contributed by atoms with Crippen LogP contribution < -0.4 is 0 Å². The van der Waals surface area contributed by atoms with Crippen LogP contribution in [0.15, 0.2) is 17.5 Å². The number of nitrogens with zero attached hydrogens (tertiary/aromatic N) is 3. The second-order valence-corrected chi connectivity index (χ2v) is 5.20. The van der Waals surface area contributed by atoms with Crippen LogP contribution in [-0.4, -0.2) is 45.8 Å². The summed E-state index contributed by atoms with van der Waals surface area (Å²) in [4.78, 5) is 26.1. The average Bonchev–Trinajstić information content (AvgIpc) is 3.06. The first-order valence-electron chi connectivity index (χ1n) is 5.88. The van der Waals surface area contributed by atoms with Gasteiger partial charge in [0.15, 0.2) is 12.3 Å². The first kappa shape index (κ1) is 14.2. The van der Waals surface area contributed by atoms with E-state index >= 15 is 0 Å². The maximum absolute atomic E-state index is 11.8. The van der Waals surface area contributed by atoms with Gasteiger partial charge in [-0.1, -0.05) is 6.07 Å². The van der Waals surface area contributed by atoms with Gasteiger partial charge in [-0.05, 0) is 18.4 Å². The number of thiophene rings is 1. The number of nitrogens with one attached hydrogen (secondary N) is 1. The molecule has 0 aliphatic heterocycles. The first-order valence-corrected chi connectivity index (χ1v) is 6.76. The number of ether oxygens (including phenoxy) is 1. The minimum absolute atomic E-state index is 0.0960. The van der Waals surface area contributed by atoms with Gasteiger partial charge < -0.3 is 9.64 Å². The van der Waals surface area contributed by atoms with E-state index in [0.29, 0.717) is 12.2 Å². The van der Waals surface area contributed by atoms with E-state index in [4.69, 9.17) is 4.74 Å². The van der Waals surface area contributed by atoms with E-state index in [1.54, 1.807) is 25.3 Å². The van der Waals surface area contributed by atoms with Crippen LogP contribution >= 0.6 is 11.3 Å². The summed E-state index contributed by atoms with van der Waals surface area (Å²) in [6.07, 6.45) is 0. The number of likely N-dealkylation sites (N-methyl/N-ethyl adjacent to an activating group) is 1. The Bertz CT molecular complexity index is 594. The van der Waals surface area contributed by atoms with Crippen molar-refractivity contribution < 1.29 is 14.3 Å². The predicted molar refractivity (Wildman–Crippen MR) is 72.2 cm³/mol. The summed E-state index contributed by atoms with van der Waals surface area (Å²) in [7, 11) is 1.66. The minimum Gasteiger partial charge on any atom is -0.451 e. The van der Waals surface area contributed by atoms with Gasteiger partial charge in [0.1, 0.15) is 0 Å². The molecule has 1 N–H and O–H groups in total. The van der Waals surface area contributed by atoms with Gasteiger partial charge in [0.05, 0.1) is 12.2 Å². The molecular formula is C12H14N4O3S. The third-order valence-electron chi connectivity index (χ3n) is 2.64. The van der Waals surface area contributed by atoms with Crippen LogP contribution in [0.3, 0.4) is 0 Å². The van der Waals surface area contributed by atoms with Crippen molar-refractivity contribution in [3.63, 3.8) is 0 Å². The van der Waals surface area contributed by atoms with Crippen LogP contribution in [0.25, 0.3) is 0 Å². The van der Waals surface area contributed by atoms with Crippen molar-refractivity contribution in [2.24, 2.45) is 0 Å². The summed E-state index contributed by atoms with van der Waals surface area (Å²) in [5.41, 5.74) is 0.535. The topological polar surface area (TPSA) is 88.2 Å². The molecule has 0 aliphatic rings. The van der Waals surface area contributed by atoms with Crippen molar-refractivity contribution in [1.82, 2.24) is 20.3 Å². The number of carbonyl (C=O) groups is 2. The molecule has 7 nitrogen and oxygen atoms in total. The Balaban J connectivity index is 1.83. The fraction of sp³-hybridized carbons (Fsp3) is 0.333. The van der Waals surface area contributed by atoms with E-state index in [1.165, 1.54) is 4.90 Å². The van der Waals surface area contributed by atoms with E-state index in [0.717, 1.165) is 4.88 Å². The molecule has 8 heteroatoms. The van der Waals surface area contributed by atoms with Gasteiger partial charge in [-0.25, -0.2) is 4.79 Å². The lowest BCUT2D eigenvalue weighted by molar-refractivity contribution is -0.133. The molecule has 0 atom stereocenters. The van der Waals surface area contributed by atoms with Crippen LogP contribution in [0.4, 0.5) is 0 Å². The number of H-pyrrole nitrogens is 1. The van der Waals surface area contributed by atoms with Crippen molar-refractivity contribution >= 4 is 23.2 Å². The predicted octanol–water partition coefficient (Wildman–Crippen LogP) is 0.990. The number of hydrogen-bond acceptors (Lipinski definition) is 6. The number of aryl methyl sites for hydroxylation is 1. The minimum atomic E-state index is -0.658. The van der Waals surface area contributed by atoms with Crippen molar-refractivity contribution in [1.29, 1.82) is 0 Å². The number of amides is 1. The molecule has 0 unspecified atom stereocenters. The zero-order chi connectivity index (χ0) is 14.5. The van der Waals surface area contributed by atoms with Crippen molar-refractivity contribution in [3.05, 3.63) is 33.8 Å². The van der Waals surface area contributed by atoms with E-state index in [9.17, 15) is 9.59 Å². The Hall–Kier alpha value is -2.22. The van der Waals surface area contributed by atoms with Crippen LogP contribution in [0.2, 0.25) is 0 Å². The number of rotatable bonds is 5. The first-order chi connectivity index (χ1) is 9.58. The second kappa shape index (κ2) is 6.29. The second-order valence-electron chi connectivity index (χ2n) is 4.16. The van der Waals surface area contributed by atoms with Gasteiger partial charge >= 0.3 is 5.97 Å². The van der Waals surface area contributed by atoms with Gasteiger partial charge in [0.25, 0.3) is 5.91 Å². The lowest BCUT2D eigenvalue weighted by Crippen LogP contribution is -2.30. The number of carbonyl (C=O) groups excluding carboxylic acids is 2. The number of aromatic nitrogens is 3. The van der Waals surface area contributed by atoms with Crippen LogP contribution in [0.1, 0.15) is 21.1 Å². The number of esters is 1. The molecule has 20 heavy (non-hydrogen) atoms. The summed E-state index contributed by atoms with van der Waals surface area (Å²) in [5.74, 6) is -0.929. The summed E-state index contributed by atoms with van der Waals surface area (Å²) in [6, 6.07) is 3.87. The summed E-state index contributed by atoms with van der Waals surface area (Å²) in [5, 5.41) is 11.7. The lowest BCUT2D eigenvalue weighted by Gasteiger charge is -2.15. The fourth-order valence-electron chi connectivity index (χ4n) is 1.51. The highest BCUT2D eigenvalue weighted by Crippen LogP contribution is 2.11. The molecule has 0 aromatic carbocycles. The number of hydrogen-bond donors (Lipinski definition) is 1. The van der Waals surface area contributed by atoms with E-state index in [2.05, 4.69) is 15.4 Å². The van der Waals surface area contributed by atoms with Gasteiger partial charge in [0, 0.05) is 11.9 Å². The molecule has 2 rings (SSSR count). The van der Waals surface area contributed by atoms with Gasteiger partial charge in [-0.2, -0.15) is 10.3 Å². The largest absolute Gasteiger partial charge is 0.451 e. The monoisotopic (exact) mass is 294 g/mol. The molecule has 0 spiro atoms. The standard InChI is InChI=1S/C12H14N4O3S/c1-8-11(14-15-13-8)12(18)19-7-10(17)16(2)6-9-4-3-5-20-9/h3-5H,6-7H2,1-2H3,(H,13,14,15). The van der Waals surface area contributed by atoms with Crippen molar-refractivity contribution in [2.45, 2.75) is 13.5 Å². The molecule has 0 radical (unpaired) electrons. The van der Waals surface area contributed by atoms with Crippen LogP contribution in [-0.2, 0) is 16.1 Å². The molecular weight excluding hydrogens is 280 g/mol. The maximum atomic E-state index is 11.8. The lowest BCUT2D eigenvalue weighted by atomic mass is 10.3. The molecule has 2 aromatic rings. The Morgan fingerprint density at radius 3 is 2.85 bits per heavy atom. The molecule has 0 bridgehead atoms. The van der Waals surface area contributed by atoms with Gasteiger partial charge in [-0.15, -0.1) is 16.4 Å². The summed E-state index contributed by atoms with van der Waals surface area (Å²) < 4.78 is 4.92. The summed E-state index contributed by atoms with van der Waals surface area (Å²) in [6.45, 7) is 1.81. The van der Waals surface area contributed by atoms with Crippen molar-refractivity contribution in [3.8, 4) is 0 Å². The average molecular weight is 294 g/mol. The summed E-state index contributed by atoms with van der Waals surface area (Å²) >= 11 is 1.57. The number of aromatic amines is 1. The quantitative estimate of drug-likeness (QED) is 0.831. The normalized spacial score (nSPS) is 10.3. The van der Waals surface area contributed by atoms with Crippen molar-refractivity contribution in [2.75, 3.05) is 13.7 Å². The molecule has 2 aromatic heterocycles. The fourth-order valence-corrected chi connectivity index (χ4v) is 2.26. The SMILES string of the molecule is Cc1n[nH]nc1C(=O)OCC(=O)N(C)Cc1cccs1. The molecule has 2 heterocycles. The van der Waals surface area contributed by atoms with E-state index in [1.807, 2.05) is 17.5 Å². The third kappa shape index (κ3) is 3.41. The van der Waals surface area contributed by atoms with Gasteiger partial charge in [-0.3, -0.25) is 4.79 Å². The smallest absolute Gasteiger partial charge is 0.361 e. The molecule has 0 saturated carbocycles. The van der Waals surface area contributed by atoms with Crippen LogP contribution in [0, 0.1) is 6.92 Å². The van der Waals surface area contributed by atoms with Crippen LogP contribution in [0.5, 0.6) is 0 Å². The Morgan fingerprint density at radius 1 is 1.45 bits per heavy atom. The van der Waals surface area contributed by atoms with E-state index < -0.39 is 5.97 Å². The maximum Gasteiger partial charge on any atom is 0.361 e.